The van der Waals surface area contributed by atoms with Gasteiger partial charge in [0.2, 0.25) is 17.7 Å². The van der Waals surface area contributed by atoms with E-state index in [1.807, 2.05) is 35.2 Å². The number of alkyl halides is 3. The van der Waals surface area contributed by atoms with Crippen LogP contribution in [0, 0.1) is 17.2 Å². The van der Waals surface area contributed by atoms with Gasteiger partial charge in [0.1, 0.15) is 18.2 Å². The number of ether oxygens (including phenoxy) is 1. The van der Waals surface area contributed by atoms with Crippen molar-refractivity contribution in [3.8, 4) is 11.9 Å². The van der Waals surface area contributed by atoms with Crippen LogP contribution in [0.5, 0.6) is 5.88 Å². The number of anilines is 2. The number of rotatable bonds is 8. The van der Waals surface area contributed by atoms with Crippen molar-refractivity contribution in [2.75, 3.05) is 55.6 Å². The second-order valence-electron chi connectivity index (χ2n) is 16.9. The number of carbonyl (C=O) groups excluding carboxylic acids is 5. The van der Waals surface area contributed by atoms with Gasteiger partial charge in [-0.25, -0.2) is 4.98 Å². The highest BCUT2D eigenvalue weighted by Gasteiger charge is 2.46. The Morgan fingerprint density at radius 1 is 0.820 bits per heavy atom. The van der Waals surface area contributed by atoms with Crippen LogP contribution in [0.1, 0.15) is 93.6 Å². The molecule has 6 aliphatic rings. The van der Waals surface area contributed by atoms with Crippen LogP contribution in [0.2, 0.25) is 0 Å². The quantitative estimate of drug-likeness (QED) is 0.316. The average Bonchev–Trinajstić information content (AvgIpc) is 3.67. The standard InChI is InChI=1S/C44H45F3N8O6/c45-44(46,47)36-22-39(49-24-28(36)23-48)61-33-19-31-5-6-32(20-33)54(31)41(58)27-1-3-29(4-2-27)53-17-15-51(16-18-53)25-26-11-13-52(14-12-26)30-7-8-34-35(21-30)43(60)55(42(34)59)37-9-10-38(56)50-40(37)57/h1-4,7-8,21-22,24,26,31-33,37H,5-6,9-20,25H2,(H,50,56,57)/t31-,32+,33+,37?. The third-order valence-corrected chi connectivity index (χ3v) is 13.3. The highest BCUT2D eigenvalue weighted by molar-refractivity contribution is 6.23. The number of pyridine rings is 1. The van der Waals surface area contributed by atoms with E-state index in [9.17, 15) is 37.1 Å². The van der Waals surface area contributed by atoms with Crippen LogP contribution >= 0.6 is 0 Å². The molecule has 1 unspecified atom stereocenters. The van der Waals surface area contributed by atoms with Crippen LogP contribution in [0.25, 0.3) is 0 Å². The summed E-state index contributed by atoms with van der Waals surface area (Å²) in [6.07, 6.45) is 0.536. The summed E-state index contributed by atoms with van der Waals surface area (Å²) in [6.45, 7) is 6.20. The van der Waals surface area contributed by atoms with Crippen molar-refractivity contribution in [3.63, 3.8) is 0 Å². The van der Waals surface area contributed by atoms with Crippen LogP contribution in [-0.4, -0.2) is 119 Å². The van der Waals surface area contributed by atoms with E-state index in [1.54, 1.807) is 12.1 Å². The minimum Gasteiger partial charge on any atom is -0.474 e. The number of imide groups is 2. The van der Waals surface area contributed by atoms with Gasteiger partial charge in [0.25, 0.3) is 17.7 Å². The van der Waals surface area contributed by atoms with Gasteiger partial charge in [-0.3, -0.25) is 39.1 Å². The van der Waals surface area contributed by atoms with Crippen LogP contribution in [0.15, 0.2) is 54.7 Å². The lowest BCUT2D eigenvalue weighted by atomic mass is 9.95. The van der Waals surface area contributed by atoms with Crippen LogP contribution in [0.4, 0.5) is 24.5 Å². The summed E-state index contributed by atoms with van der Waals surface area (Å²) < 4.78 is 46.4. The highest BCUT2D eigenvalue weighted by Crippen LogP contribution is 2.40. The van der Waals surface area contributed by atoms with Crippen LogP contribution in [0.3, 0.4) is 0 Å². The summed E-state index contributed by atoms with van der Waals surface area (Å²) >= 11 is 0. The lowest BCUT2D eigenvalue weighted by Crippen LogP contribution is -2.54. The van der Waals surface area contributed by atoms with E-state index < -0.39 is 53.1 Å². The van der Waals surface area contributed by atoms with Gasteiger partial charge >= 0.3 is 6.18 Å². The number of benzene rings is 2. The van der Waals surface area contributed by atoms with Gasteiger partial charge < -0.3 is 19.4 Å². The Labute approximate surface area is 350 Å². The Kier molecular flexibility index (Phi) is 10.7. The summed E-state index contributed by atoms with van der Waals surface area (Å²) in [4.78, 5) is 78.2. The first-order chi connectivity index (χ1) is 29.3. The van der Waals surface area contributed by atoms with E-state index in [4.69, 9.17) is 10.00 Å². The monoisotopic (exact) mass is 838 g/mol. The zero-order chi connectivity index (χ0) is 42.6. The molecule has 5 amide bonds. The van der Waals surface area contributed by atoms with E-state index in [-0.39, 0.29) is 42.3 Å². The van der Waals surface area contributed by atoms with Crippen molar-refractivity contribution in [2.45, 2.75) is 81.8 Å². The number of hydrogen-bond acceptors (Lipinski definition) is 11. The number of hydrogen-bond donors (Lipinski definition) is 1. The molecule has 5 saturated heterocycles. The number of nitrogens with zero attached hydrogens (tertiary/aromatic N) is 7. The third-order valence-electron chi connectivity index (χ3n) is 13.3. The van der Waals surface area contributed by atoms with Crippen molar-refractivity contribution in [2.24, 2.45) is 5.92 Å². The molecule has 61 heavy (non-hydrogen) atoms. The molecule has 318 valence electrons. The number of fused-ring (bicyclic) bond motifs is 3. The number of piperazine rings is 1. The van der Waals surface area contributed by atoms with Gasteiger partial charge in [0.15, 0.2) is 0 Å². The number of nitriles is 1. The Hall–Kier alpha value is -6.02. The van der Waals surface area contributed by atoms with Gasteiger partial charge in [0, 0.05) is 106 Å². The fraction of sp³-hybridized carbons (Fsp3) is 0.477. The van der Waals surface area contributed by atoms with Crippen molar-refractivity contribution in [1.82, 2.24) is 25.0 Å². The molecule has 2 bridgehead atoms. The molecule has 17 heteroatoms. The van der Waals surface area contributed by atoms with Crippen molar-refractivity contribution >= 4 is 40.9 Å². The maximum Gasteiger partial charge on any atom is 0.417 e. The largest absolute Gasteiger partial charge is 0.474 e. The number of nitrogens with one attached hydrogen (secondary N) is 1. The number of amides is 5. The third kappa shape index (κ3) is 7.89. The van der Waals surface area contributed by atoms with E-state index in [1.165, 1.54) is 6.07 Å². The summed E-state index contributed by atoms with van der Waals surface area (Å²) in [5.41, 5.74) is 1.47. The van der Waals surface area contributed by atoms with Crippen molar-refractivity contribution < 1.29 is 41.9 Å². The fourth-order valence-electron chi connectivity index (χ4n) is 10.1. The molecule has 5 fully saturated rings. The molecule has 6 aliphatic heterocycles. The van der Waals surface area contributed by atoms with Crippen LogP contribution in [-0.2, 0) is 15.8 Å². The summed E-state index contributed by atoms with van der Waals surface area (Å²) in [5.74, 6) is -1.74. The lowest BCUT2D eigenvalue weighted by Gasteiger charge is -2.40. The number of halogens is 3. The van der Waals surface area contributed by atoms with Gasteiger partial charge in [-0.1, -0.05) is 0 Å². The van der Waals surface area contributed by atoms with Crippen molar-refractivity contribution in [1.29, 1.82) is 5.26 Å². The second-order valence-corrected chi connectivity index (χ2v) is 16.9. The van der Waals surface area contributed by atoms with Gasteiger partial charge in [0.05, 0.1) is 22.3 Å². The Morgan fingerprint density at radius 3 is 2.13 bits per heavy atom. The number of aromatic nitrogens is 1. The lowest BCUT2D eigenvalue weighted by molar-refractivity contribution is -0.138. The maximum absolute atomic E-state index is 13.8. The zero-order valence-electron chi connectivity index (χ0n) is 33.4. The highest BCUT2D eigenvalue weighted by atomic mass is 19.4. The van der Waals surface area contributed by atoms with Gasteiger partial charge in [-0.05, 0) is 80.5 Å². The van der Waals surface area contributed by atoms with E-state index >= 15 is 0 Å². The number of piperidine rings is 3. The SMILES string of the molecule is N#Cc1cnc(O[C@H]2C[C@H]3CC[C@@H](C2)N3C(=O)c2ccc(N3CCN(CC4CCN(c5ccc6c(c5)C(=O)N(C5CCC(=O)NC5=O)C6=O)CC4)CC3)cc2)cc1C(F)(F)F. The summed E-state index contributed by atoms with van der Waals surface area (Å²) in [7, 11) is 0. The molecular formula is C44H45F3N8O6. The Morgan fingerprint density at radius 2 is 1.48 bits per heavy atom. The smallest absolute Gasteiger partial charge is 0.417 e. The molecule has 9 rings (SSSR count). The molecule has 0 radical (unpaired) electrons. The van der Waals surface area contributed by atoms with Gasteiger partial charge in [-0.15, -0.1) is 0 Å². The molecule has 4 atom stereocenters. The Balaban J connectivity index is 0.731. The molecule has 1 aromatic heterocycles. The summed E-state index contributed by atoms with van der Waals surface area (Å²) in [5, 5.41) is 11.3. The minimum atomic E-state index is -4.70. The van der Waals surface area contributed by atoms with Crippen molar-refractivity contribution in [3.05, 3.63) is 82.5 Å². The maximum atomic E-state index is 13.8. The fourth-order valence-corrected chi connectivity index (χ4v) is 10.1. The average molecular weight is 839 g/mol. The predicted octanol–water partition coefficient (Wildman–Crippen LogP) is 4.63. The molecule has 3 aromatic rings. The van der Waals surface area contributed by atoms with E-state index in [0.29, 0.717) is 29.9 Å². The molecule has 2 aromatic carbocycles. The predicted molar refractivity (Wildman–Crippen MR) is 214 cm³/mol. The zero-order valence-corrected chi connectivity index (χ0v) is 33.4. The molecule has 0 saturated carbocycles. The first-order valence-electron chi connectivity index (χ1n) is 21.0. The Bertz CT molecular complexity index is 2290. The van der Waals surface area contributed by atoms with E-state index in [0.717, 1.165) is 100 Å². The topological polar surface area (TPSA) is 159 Å². The molecule has 14 nitrogen and oxygen atoms in total. The normalized spacial score (nSPS) is 24.8. The summed E-state index contributed by atoms with van der Waals surface area (Å²) in [6, 6.07) is 14.2. The van der Waals surface area contributed by atoms with Crippen LogP contribution < -0.4 is 19.9 Å². The molecule has 7 heterocycles. The molecule has 0 aliphatic carbocycles. The van der Waals surface area contributed by atoms with Gasteiger partial charge in [-0.2, -0.15) is 18.4 Å². The molecule has 0 spiro atoms. The van der Waals surface area contributed by atoms with E-state index in [2.05, 4.69) is 25.0 Å². The molecular weight excluding hydrogens is 794 g/mol. The second kappa shape index (κ2) is 16.1. The first kappa shape index (κ1) is 40.4. The number of carbonyl (C=O) groups is 5. The first-order valence-corrected chi connectivity index (χ1v) is 21.0. The minimum absolute atomic E-state index is 0.0552. The molecule has 1 N–H and O–H groups in total.